The first-order chi connectivity index (χ1) is 7.02. The maximum absolute atomic E-state index is 11.4. The number of carbonyl (C=O) groups excluding carboxylic acids is 1. The number of aromatic nitrogens is 1. The molecule has 0 aliphatic heterocycles. The third kappa shape index (κ3) is 3.00. The molecule has 6 nitrogen and oxygen atoms in total. The summed E-state index contributed by atoms with van der Waals surface area (Å²) in [5.41, 5.74) is 1.47. The van der Waals surface area contributed by atoms with Gasteiger partial charge in [-0.15, -0.1) is 11.3 Å². The number of thiazole rings is 1. The number of nitrogens with zero attached hydrogens (tertiary/aromatic N) is 1. The Morgan fingerprint density at radius 3 is 2.67 bits per heavy atom. The summed E-state index contributed by atoms with van der Waals surface area (Å²) in [6, 6.07) is -1.31. The number of rotatable bonds is 4. The zero-order valence-corrected chi connectivity index (χ0v) is 8.69. The summed E-state index contributed by atoms with van der Waals surface area (Å²) in [4.78, 5) is 26.1. The van der Waals surface area contributed by atoms with Gasteiger partial charge in [-0.25, -0.2) is 4.79 Å². The van der Waals surface area contributed by atoms with Crippen molar-refractivity contribution in [3.05, 3.63) is 16.6 Å². The van der Waals surface area contributed by atoms with Crippen LogP contribution < -0.4 is 5.32 Å². The molecule has 0 aliphatic carbocycles. The summed E-state index contributed by atoms with van der Waals surface area (Å²) in [7, 11) is 0. The van der Waals surface area contributed by atoms with Gasteiger partial charge in [-0.05, 0) is 6.92 Å². The third-order valence-corrected chi connectivity index (χ3v) is 2.46. The summed E-state index contributed by atoms with van der Waals surface area (Å²) in [6.07, 6.45) is 0.181. The molecule has 1 rings (SSSR count). The van der Waals surface area contributed by atoms with Gasteiger partial charge < -0.3 is 15.5 Å². The molecule has 2 atom stereocenters. The lowest BCUT2D eigenvalue weighted by molar-refractivity contribution is -0.141. The van der Waals surface area contributed by atoms with Crippen LogP contribution in [0.25, 0.3) is 0 Å². The van der Waals surface area contributed by atoms with E-state index in [1.807, 2.05) is 0 Å². The van der Waals surface area contributed by atoms with Crippen molar-refractivity contribution in [1.29, 1.82) is 0 Å². The predicted molar refractivity (Wildman–Crippen MR) is 52.7 cm³/mol. The van der Waals surface area contributed by atoms with Gasteiger partial charge in [-0.2, -0.15) is 0 Å². The highest BCUT2D eigenvalue weighted by Gasteiger charge is 2.25. The Bertz CT molecular complexity index is 350. The average Bonchev–Trinajstić information content (AvgIpc) is 2.65. The Kier molecular flexibility index (Phi) is 3.75. The summed E-state index contributed by atoms with van der Waals surface area (Å²) < 4.78 is 0. The molecule has 0 aromatic carbocycles. The van der Waals surface area contributed by atoms with Crippen molar-refractivity contribution in [3.8, 4) is 0 Å². The van der Waals surface area contributed by atoms with E-state index in [0.29, 0.717) is 4.88 Å². The summed E-state index contributed by atoms with van der Waals surface area (Å²) >= 11 is 1.10. The molecule has 1 heterocycles. The number of amides is 1. The predicted octanol–water partition coefficient (Wildman–Crippen LogP) is -0.293. The highest BCUT2D eigenvalue weighted by molar-refractivity contribution is 7.11. The quantitative estimate of drug-likeness (QED) is 0.660. The second-order valence-electron chi connectivity index (χ2n) is 2.90. The Balaban J connectivity index is 2.67. The number of aliphatic hydroxyl groups excluding tert-OH is 1. The Morgan fingerprint density at radius 1 is 1.60 bits per heavy atom. The van der Waals surface area contributed by atoms with Crippen molar-refractivity contribution in [2.75, 3.05) is 0 Å². The van der Waals surface area contributed by atoms with Gasteiger partial charge in [-0.1, -0.05) is 0 Å². The topological polar surface area (TPSA) is 99.5 Å². The lowest BCUT2D eigenvalue weighted by Gasteiger charge is -2.16. The fourth-order valence-electron chi connectivity index (χ4n) is 0.929. The average molecular weight is 230 g/mol. The lowest BCUT2D eigenvalue weighted by Crippen LogP contribution is -2.47. The van der Waals surface area contributed by atoms with Crippen LogP contribution >= 0.6 is 11.3 Å². The number of aliphatic carboxylic acids is 1. The van der Waals surface area contributed by atoms with Crippen molar-refractivity contribution in [3.63, 3.8) is 0 Å². The zero-order chi connectivity index (χ0) is 11.4. The molecule has 82 valence electrons. The molecule has 0 aliphatic rings. The van der Waals surface area contributed by atoms with E-state index < -0.39 is 24.0 Å². The molecule has 0 saturated heterocycles. The minimum absolute atomic E-state index is 0.307. The van der Waals surface area contributed by atoms with Crippen LogP contribution in [0, 0.1) is 0 Å². The molecule has 7 heteroatoms. The molecular weight excluding hydrogens is 220 g/mol. The van der Waals surface area contributed by atoms with E-state index in [1.54, 1.807) is 0 Å². The molecule has 0 spiro atoms. The van der Waals surface area contributed by atoms with Crippen LogP contribution in [0.15, 0.2) is 11.7 Å². The summed E-state index contributed by atoms with van der Waals surface area (Å²) in [5, 5.41) is 20.0. The van der Waals surface area contributed by atoms with E-state index in [2.05, 4.69) is 10.3 Å². The van der Waals surface area contributed by atoms with Crippen LogP contribution in [-0.2, 0) is 4.79 Å². The largest absolute Gasteiger partial charge is 0.480 e. The van der Waals surface area contributed by atoms with E-state index in [0.717, 1.165) is 11.3 Å². The van der Waals surface area contributed by atoms with Crippen molar-refractivity contribution in [2.24, 2.45) is 0 Å². The van der Waals surface area contributed by atoms with Gasteiger partial charge in [0.05, 0.1) is 17.8 Å². The summed E-state index contributed by atoms with van der Waals surface area (Å²) in [6.45, 7) is 1.30. The van der Waals surface area contributed by atoms with Gasteiger partial charge in [0.1, 0.15) is 4.88 Å². The highest BCUT2D eigenvalue weighted by Crippen LogP contribution is 2.06. The van der Waals surface area contributed by atoms with Crippen LogP contribution in [-0.4, -0.2) is 39.2 Å². The molecule has 2 unspecified atom stereocenters. The molecule has 15 heavy (non-hydrogen) atoms. The highest BCUT2D eigenvalue weighted by atomic mass is 32.1. The first kappa shape index (κ1) is 11.6. The normalized spacial score (nSPS) is 14.3. The standard InChI is InChI=1S/C8H10N2O4S/c1-4(11)6(8(13)14)10-7(12)5-2-9-3-15-5/h2-4,6,11H,1H3,(H,10,12)(H,13,14). The number of carbonyl (C=O) groups is 2. The number of aliphatic hydroxyl groups is 1. The molecule has 0 fully saturated rings. The molecule has 0 saturated carbocycles. The van der Waals surface area contributed by atoms with Gasteiger partial charge in [-0.3, -0.25) is 9.78 Å². The van der Waals surface area contributed by atoms with E-state index >= 15 is 0 Å². The van der Waals surface area contributed by atoms with Crippen molar-refractivity contribution in [2.45, 2.75) is 19.1 Å². The lowest BCUT2D eigenvalue weighted by atomic mass is 10.2. The number of hydrogen-bond acceptors (Lipinski definition) is 5. The third-order valence-electron chi connectivity index (χ3n) is 1.69. The van der Waals surface area contributed by atoms with Crippen LogP contribution in [0.3, 0.4) is 0 Å². The minimum atomic E-state index is -1.31. The van der Waals surface area contributed by atoms with E-state index in [1.165, 1.54) is 18.6 Å². The molecule has 3 N–H and O–H groups in total. The van der Waals surface area contributed by atoms with Crippen LogP contribution in [0.4, 0.5) is 0 Å². The van der Waals surface area contributed by atoms with Crippen LogP contribution in [0.5, 0.6) is 0 Å². The maximum atomic E-state index is 11.4. The molecule has 1 amide bonds. The number of hydrogen-bond donors (Lipinski definition) is 3. The number of nitrogens with one attached hydrogen (secondary N) is 1. The number of carboxylic acid groups (broad SMARTS) is 1. The molecule has 0 bridgehead atoms. The zero-order valence-electron chi connectivity index (χ0n) is 7.88. The van der Waals surface area contributed by atoms with Crippen molar-refractivity contribution >= 4 is 23.2 Å². The van der Waals surface area contributed by atoms with E-state index in [-0.39, 0.29) is 0 Å². The number of carboxylic acids is 1. The second-order valence-corrected chi connectivity index (χ2v) is 3.78. The van der Waals surface area contributed by atoms with E-state index in [9.17, 15) is 9.59 Å². The Labute approximate surface area is 89.6 Å². The van der Waals surface area contributed by atoms with Gasteiger partial charge >= 0.3 is 5.97 Å². The van der Waals surface area contributed by atoms with Crippen molar-refractivity contribution in [1.82, 2.24) is 10.3 Å². The van der Waals surface area contributed by atoms with Gasteiger partial charge in [0.15, 0.2) is 6.04 Å². The van der Waals surface area contributed by atoms with Crippen molar-refractivity contribution < 1.29 is 19.8 Å². The van der Waals surface area contributed by atoms with Crippen LogP contribution in [0.1, 0.15) is 16.6 Å². The van der Waals surface area contributed by atoms with Crippen LogP contribution in [0.2, 0.25) is 0 Å². The van der Waals surface area contributed by atoms with Gasteiger partial charge in [0.2, 0.25) is 0 Å². The molecular formula is C8H10N2O4S. The van der Waals surface area contributed by atoms with Gasteiger partial charge in [0.25, 0.3) is 5.91 Å². The Hall–Kier alpha value is -1.47. The van der Waals surface area contributed by atoms with Gasteiger partial charge in [0, 0.05) is 0 Å². The van der Waals surface area contributed by atoms with E-state index in [4.69, 9.17) is 10.2 Å². The maximum Gasteiger partial charge on any atom is 0.328 e. The molecule has 1 aromatic rings. The fourth-order valence-corrected chi connectivity index (χ4v) is 1.45. The first-order valence-electron chi connectivity index (χ1n) is 4.12. The monoisotopic (exact) mass is 230 g/mol. The SMILES string of the molecule is CC(O)C(NC(=O)c1cncs1)C(=O)O. The Morgan fingerprint density at radius 2 is 2.27 bits per heavy atom. The second kappa shape index (κ2) is 4.85. The summed E-state index contributed by atoms with van der Waals surface area (Å²) in [5.74, 6) is -1.83. The first-order valence-corrected chi connectivity index (χ1v) is 5.00. The minimum Gasteiger partial charge on any atom is -0.480 e. The molecule has 0 radical (unpaired) electrons. The smallest absolute Gasteiger partial charge is 0.328 e. The molecule has 1 aromatic heterocycles. The fraction of sp³-hybridized carbons (Fsp3) is 0.375.